The molecule has 0 aromatic heterocycles. The highest BCUT2D eigenvalue weighted by Crippen LogP contribution is 2.12. The molecule has 0 atom stereocenters. The highest BCUT2D eigenvalue weighted by molar-refractivity contribution is 5.77. The summed E-state index contributed by atoms with van der Waals surface area (Å²) in [5, 5.41) is 0. The van der Waals surface area contributed by atoms with Gasteiger partial charge in [-0.25, -0.2) is 5.48 Å². The summed E-state index contributed by atoms with van der Waals surface area (Å²) in [5.74, 6) is 0.585. The van der Waals surface area contributed by atoms with E-state index in [0.29, 0.717) is 6.61 Å². The van der Waals surface area contributed by atoms with Gasteiger partial charge in [0.15, 0.2) is 0 Å². The van der Waals surface area contributed by atoms with Crippen LogP contribution in [0.5, 0.6) is 5.75 Å². The van der Waals surface area contributed by atoms with Gasteiger partial charge in [-0.2, -0.15) is 0 Å². The zero-order valence-electron chi connectivity index (χ0n) is 8.95. The van der Waals surface area contributed by atoms with Gasteiger partial charge in [-0.3, -0.25) is 9.63 Å². The van der Waals surface area contributed by atoms with Crippen LogP contribution in [0.2, 0.25) is 0 Å². The molecule has 0 heterocycles. The molecule has 1 N–H and O–H groups in total. The lowest BCUT2D eigenvalue weighted by Crippen LogP contribution is -2.25. The number of hydroxylamine groups is 1. The summed E-state index contributed by atoms with van der Waals surface area (Å²) in [4.78, 5) is 16.1. The number of ether oxygens (including phenoxy) is 1. The van der Waals surface area contributed by atoms with E-state index in [2.05, 4.69) is 5.48 Å². The number of carbonyl (C=O) groups is 1. The summed E-state index contributed by atoms with van der Waals surface area (Å²) < 4.78 is 5.05. The van der Waals surface area contributed by atoms with Crippen LogP contribution in [0.15, 0.2) is 24.3 Å². The third-order valence-corrected chi connectivity index (χ3v) is 1.83. The van der Waals surface area contributed by atoms with Gasteiger partial charge < -0.3 is 4.74 Å². The predicted octanol–water partition coefficient (Wildman–Crippen LogP) is 1.31. The van der Waals surface area contributed by atoms with Gasteiger partial charge in [0.25, 0.3) is 0 Å². The summed E-state index contributed by atoms with van der Waals surface area (Å²) in [6, 6.07) is 7.38. The van der Waals surface area contributed by atoms with Crippen LogP contribution in [0.4, 0.5) is 0 Å². The second-order valence-electron chi connectivity index (χ2n) is 2.99. The summed E-state index contributed by atoms with van der Waals surface area (Å²) in [6.07, 6.45) is 0.289. The molecule has 0 aliphatic rings. The molecule has 82 valence electrons. The smallest absolute Gasteiger partial charge is 0.247 e. The van der Waals surface area contributed by atoms with Gasteiger partial charge in [0.05, 0.1) is 20.1 Å². The standard InChI is InChI=1S/C11H15NO3/c1-3-15-12-11(13)8-9-5-4-6-10(7-9)14-2/h4-7H,3,8H2,1-2H3,(H,12,13). The van der Waals surface area contributed by atoms with E-state index in [1.54, 1.807) is 7.11 Å². The Morgan fingerprint density at radius 3 is 2.93 bits per heavy atom. The van der Waals surface area contributed by atoms with E-state index in [0.717, 1.165) is 11.3 Å². The molecule has 0 saturated heterocycles. The van der Waals surface area contributed by atoms with Crippen LogP contribution in [-0.4, -0.2) is 19.6 Å². The number of amides is 1. The van der Waals surface area contributed by atoms with Crippen molar-refractivity contribution in [2.45, 2.75) is 13.3 Å². The molecule has 4 heteroatoms. The summed E-state index contributed by atoms with van der Waals surface area (Å²) in [5.41, 5.74) is 3.23. The molecule has 1 aromatic rings. The number of methoxy groups -OCH3 is 1. The van der Waals surface area contributed by atoms with E-state index in [1.165, 1.54) is 0 Å². The maximum absolute atomic E-state index is 11.3. The van der Waals surface area contributed by atoms with Gasteiger partial charge in [0.1, 0.15) is 5.75 Å². The zero-order chi connectivity index (χ0) is 11.1. The topological polar surface area (TPSA) is 47.6 Å². The van der Waals surface area contributed by atoms with E-state index in [1.807, 2.05) is 31.2 Å². The SMILES string of the molecule is CCONC(=O)Cc1cccc(OC)c1. The molecule has 0 fully saturated rings. The number of benzene rings is 1. The Bertz CT molecular complexity index is 325. The fourth-order valence-electron chi connectivity index (χ4n) is 1.16. The quantitative estimate of drug-likeness (QED) is 0.744. The Labute approximate surface area is 89.1 Å². The van der Waals surface area contributed by atoms with Crippen molar-refractivity contribution in [2.75, 3.05) is 13.7 Å². The Kier molecular flexibility index (Phi) is 4.63. The molecule has 0 unspecified atom stereocenters. The lowest BCUT2D eigenvalue weighted by atomic mass is 10.1. The molecule has 1 aromatic carbocycles. The fraction of sp³-hybridized carbons (Fsp3) is 0.364. The molecule has 0 aliphatic carbocycles. The van der Waals surface area contributed by atoms with E-state index < -0.39 is 0 Å². The minimum atomic E-state index is -0.162. The fourth-order valence-corrected chi connectivity index (χ4v) is 1.16. The maximum atomic E-state index is 11.3. The van der Waals surface area contributed by atoms with Gasteiger partial charge in [-0.1, -0.05) is 12.1 Å². The molecule has 15 heavy (non-hydrogen) atoms. The largest absolute Gasteiger partial charge is 0.497 e. The van der Waals surface area contributed by atoms with Gasteiger partial charge in [-0.15, -0.1) is 0 Å². The second-order valence-corrected chi connectivity index (χ2v) is 2.99. The van der Waals surface area contributed by atoms with E-state index in [-0.39, 0.29) is 12.3 Å². The Morgan fingerprint density at radius 2 is 2.27 bits per heavy atom. The van der Waals surface area contributed by atoms with Crippen LogP contribution in [-0.2, 0) is 16.1 Å². The lowest BCUT2D eigenvalue weighted by Gasteiger charge is -2.05. The minimum Gasteiger partial charge on any atom is -0.497 e. The Balaban J connectivity index is 2.52. The van der Waals surface area contributed by atoms with Crippen molar-refractivity contribution in [2.24, 2.45) is 0 Å². The van der Waals surface area contributed by atoms with Crippen molar-refractivity contribution in [3.63, 3.8) is 0 Å². The first kappa shape index (κ1) is 11.5. The zero-order valence-corrected chi connectivity index (χ0v) is 8.95. The molecule has 0 radical (unpaired) electrons. The van der Waals surface area contributed by atoms with Crippen LogP contribution in [0.3, 0.4) is 0 Å². The van der Waals surface area contributed by atoms with Gasteiger partial charge >= 0.3 is 0 Å². The van der Waals surface area contributed by atoms with Crippen molar-refractivity contribution >= 4 is 5.91 Å². The number of nitrogens with one attached hydrogen (secondary N) is 1. The van der Waals surface area contributed by atoms with Crippen molar-refractivity contribution in [3.05, 3.63) is 29.8 Å². The average Bonchev–Trinajstić information content (AvgIpc) is 2.26. The van der Waals surface area contributed by atoms with Gasteiger partial charge in [0, 0.05) is 0 Å². The van der Waals surface area contributed by atoms with Crippen LogP contribution >= 0.6 is 0 Å². The molecule has 1 rings (SSSR count). The highest BCUT2D eigenvalue weighted by atomic mass is 16.6. The molecule has 4 nitrogen and oxygen atoms in total. The number of carbonyl (C=O) groups excluding carboxylic acids is 1. The first-order valence-electron chi connectivity index (χ1n) is 4.79. The first-order valence-corrected chi connectivity index (χ1v) is 4.79. The lowest BCUT2D eigenvalue weighted by molar-refractivity contribution is -0.132. The van der Waals surface area contributed by atoms with Crippen LogP contribution in [0.1, 0.15) is 12.5 Å². The normalized spacial score (nSPS) is 9.73. The van der Waals surface area contributed by atoms with Gasteiger partial charge in [0.2, 0.25) is 5.91 Å². The third-order valence-electron chi connectivity index (χ3n) is 1.83. The third kappa shape index (κ3) is 3.99. The number of hydrogen-bond acceptors (Lipinski definition) is 3. The van der Waals surface area contributed by atoms with E-state index in [4.69, 9.17) is 9.57 Å². The molecule has 1 amide bonds. The van der Waals surface area contributed by atoms with E-state index in [9.17, 15) is 4.79 Å². The number of hydrogen-bond donors (Lipinski definition) is 1. The molecule has 0 saturated carbocycles. The Hall–Kier alpha value is -1.55. The van der Waals surface area contributed by atoms with Gasteiger partial charge in [-0.05, 0) is 24.6 Å². The molecular formula is C11H15NO3. The molecule has 0 aliphatic heterocycles. The minimum absolute atomic E-state index is 0.162. The van der Waals surface area contributed by atoms with Crippen molar-refractivity contribution < 1.29 is 14.4 Å². The van der Waals surface area contributed by atoms with E-state index >= 15 is 0 Å². The first-order chi connectivity index (χ1) is 7.26. The van der Waals surface area contributed by atoms with Crippen molar-refractivity contribution in [3.8, 4) is 5.75 Å². The average molecular weight is 209 g/mol. The second kappa shape index (κ2) is 6.03. The van der Waals surface area contributed by atoms with Crippen molar-refractivity contribution in [1.29, 1.82) is 0 Å². The predicted molar refractivity (Wildman–Crippen MR) is 56.5 cm³/mol. The molecule has 0 spiro atoms. The van der Waals surface area contributed by atoms with Crippen molar-refractivity contribution in [1.82, 2.24) is 5.48 Å². The highest BCUT2D eigenvalue weighted by Gasteiger charge is 2.03. The summed E-state index contributed by atoms with van der Waals surface area (Å²) in [7, 11) is 1.60. The van der Waals surface area contributed by atoms with Crippen LogP contribution < -0.4 is 10.2 Å². The summed E-state index contributed by atoms with van der Waals surface area (Å²) in [6.45, 7) is 2.27. The van der Waals surface area contributed by atoms with Crippen LogP contribution in [0.25, 0.3) is 0 Å². The maximum Gasteiger partial charge on any atom is 0.247 e. The number of rotatable bonds is 5. The summed E-state index contributed by atoms with van der Waals surface area (Å²) >= 11 is 0. The molecule has 0 bridgehead atoms. The Morgan fingerprint density at radius 1 is 1.47 bits per heavy atom. The van der Waals surface area contributed by atoms with Crippen LogP contribution in [0, 0.1) is 0 Å². The monoisotopic (exact) mass is 209 g/mol. The molecular weight excluding hydrogens is 194 g/mol.